The van der Waals surface area contributed by atoms with Crippen LogP contribution < -0.4 is 5.32 Å². The van der Waals surface area contributed by atoms with Crippen LogP contribution in [0.1, 0.15) is 12.5 Å². The van der Waals surface area contributed by atoms with Crippen LogP contribution in [0.25, 0.3) is 0 Å². The maximum atomic E-state index is 11.0. The second kappa shape index (κ2) is 4.49. The van der Waals surface area contributed by atoms with Crippen molar-refractivity contribution in [2.75, 3.05) is 5.75 Å². The van der Waals surface area contributed by atoms with Gasteiger partial charge in [-0.15, -0.1) is 0 Å². The van der Waals surface area contributed by atoms with Crippen LogP contribution in [0.15, 0.2) is 29.3 Å². The summed E-state index contributed by atoms with van der Waals surface area (Å²) < 4.78 is 0. The molecule has 3 nitrogen and oxygen atoms in total. The van der Waals surface area contributed by atoms with Crippen LogP contribution in [-0.2, 0) is 11.2 Å². The topological polar surface area (TPSA) is 41.5 Å². The van der Waals surface area contributed by atoms with E-state index in [0.29, 0.717) is 10.9 Å². The Labute approximate surface area is 93.0 Å². The number of para-hydroxylation sites is 1. The summed E-state index contributed by atoms with van der Waals surface area (Å²) in [6, 6.07) is 7.99. The van der Waals surface area contributed by atoms with Gasteiger partial charge in [-0.3, -0.25) is 4.79 Å². The quantitative estimate of drug-likeness (QED) is 0.829. The first kappa shape index (κ1) is 10.2. The summed E-state index contributed by atoms with van der Waals surface area (Å²) in [6.45, 7) is 2.10. The fourth-order valence-corrected chi connectivity index (χ4v) is 2.10. The molecule has 1 aliphatic heterocycles. The van der Waals surface area contributed by atoms with E-state index in [9.17, 15) is 4.79 Å². The summed E-state index contributed by atoms with van der Waals surface area (Å²) in [7, 11) is 0. The molecule has 0 spiro atoms. The number of thioether (sulfide) groups is 1. The summed E-state index contributed by atoms with van der Waals surface area (Å²) in [5.74, 6) is 0.514. The monoisotopic (exact) mass is 220 g/mol. The molecule has 0 aromatic heterocycles. The first-order valence-electron chi connectivity index (χ1n) is 4.89. The zero-order valence-corrected chi connectivity index (χ0v) is 9.30. The minimum absolute atomic E-state index is 0.0349. The number of amidine groups is 1. The molecule has 1 aromatic rings. The number of benzene rings is 1. The van der Waals surface area contributed by atoms with Gasteiger partial charge in [0.2, 0.25) is 5.91 Å². The molecule has 0 saturated carbocycles. The number of aryl methyl sites for hydroxylation is 1. The maximum Gasteiger partial charge on any atom is 0.236 e. The van der Waals surface area contributed by atoms with Gasteiger partial charge in [0.05, 0.1) is 11.4 Å². The van der Waals surface area contributed by atoms with Crippen LogP contribution >= 0.6 is 11.8 Å². The first-order chi connectivity index (χ1) is 7.29. The van der Waals surface area contributed by atoms with Gasteiger partial charge < -0.3 is 5.32 Å². The molecule has 1 amide bonds. The summed E-state index contributed by atoms with van der Waals surface area (Å²) >= 11 is 1.45. The predicted molar refractivity (Wildman–Crippen MR) is 63.5 cm³/mol. The van der Waals surface area contributed by atoms with Gasteiger partial charge in [-0.05, 0) is 18.1 Å². The number of carbonyl (C=O) groups excluding carboxylic acids is 1. The van der Waals surface area contributed by atoms with Crippen LogP contribution in [0.4, 0.5) is 5.69 Å². The maximum absolute atomic E-state index is 11.0. The lowest BCUT2D eigenvalue weighted by Gasteiger charge is -2.02. The zero-order chi connectivity index (χ0) is 10.7. The molecule has 0 aliphatic carbocycles. The summed E-state index contributed by atoms with van der Waals surface area (Å²) in [5, 5.41) is 3.44. The number of nitrogens with zero attached hydrogens (tertiary/aromatic N) is 1. The highest BCUT2D eigenvalue weighted by atomic mass is 32.2. The second-order valence-corrected chi connectivity index (χ2v) is 4.20. The van der Waals surface area contributed by atoms with Crippen molar-refractivity contribution in [2.24, 2.45) is 4.99 Å². The standard InChI is InChI=1S/C11H12N2OS/c1-2-8-5-3-4-6-9(8)12-11-13-10(14)7-15-11/h3-6H,2,7H2,1H3,(H,12,13,14). The van der Waals surface area contributed by atoms with Crippen molar-refractivity contribution in [2.45, 2.75) is 13.3 Å². The minimum atomic E-state index is 0.0349. The highest BCUT2D eigenvalue weighted by Crippen LogP contribution is 2.22. The van der Waals surface area contributed by atoms with Crippen molar-refractivity contribution in [3.63, 3.8) is 0 Å². The molecule has 2 rings (SSSR count). The van der Waals surface area contributed by atoms with Gasteiger partial charge in [-0.25, -0.2) is 4.99 Å². The van der Waals surface area contributed by atoms with Crippen molar-refractivity contribution in [1.82, 2.24) is 5.32 Å². The van der Waals surface area contributed by atoms with E-state index < -0.39 is 0 Å². The predicted octanol–water partition coefficient (Wildman–Crippen LogP) is 2.10. The highest BCUT2D eigenvalue weighted by molar-refractivity contribution is 8.15. The van der Waals surface area contributed by atoms with E-state index in [0.717, 1.165) is 12.1 Å². The number of hydrogen-bond donors (Lipinski definition) is 1. The van der Waals surface area contributed by atoms with Gasteiger partial charge in [0.15, 0.2) is 5.17 Å². The number of rotatable bonds is 2. The van der Waals surface area contributed by atoms with Crippen LogP contribution in [-0.4, -0.2) is 16.8 Å². The molecule has 1 aromatic carbocycles. The zero-order valence-electron chi connectivity index (χ0n) is 8.49. The average molecular weight is 220 g/mol. The highest BCUT2D eigenvalue weighted by Gasteiger charge is 2.16. The average Bonchev–Trinajstić information content (AvgIpc) is 2.65. The molecule has 1 heterocycles. The van der Waals surface area contributed by atoms with E-state index in [1.807, 2.05) is 18.2 Å². The van der Waals surface area contributed by atoms with E-state index in [4.69, 9.17) is 0 Å². The fraction of sp³-hybridized carbons (Fsp3) is 0.273. The van der Waals surface area contributed by atoms with Gasteiger partial charge in [0.1, 0.15) is 0 Å². The van der Waals surface area contributed by atoms with Gasteiger partial charge in [-0.2, -0.15) is 0 Å². The van der Waals surface area contributed by atoms with Crippen molar-refractivity contribution >= 4 is 28.5 Å². The fourth-order valence-electron chi connectivity index (χ4n) is 1.41. The van der Waals surface area contributed by atoms with Crippen molar-refractivity contribution in [3.05, 3.63) is 29.8 Å². The number of amides is 1. The van der Waals surface area contributed by atoms with E-state index in [2.05, 4.69) is 23.3 Å². The molecular weight excluding hydrogens is 208 g/mol. The van der Waals surface area contributed by atoms with Crippen molar-refractivity contribution < 1.29 is 4.79 Å². The molecule has 0 radical (unpaired) electrons. The van der Waals surface area contributed by atoms with Crippen molar-refractivity contribution in [3.8, 4) is 0 Å². The number of carbonyl (C=O) groups is 1. The summed E-state index contributed by atoms with van der Waals surface area (Å²) in [6.07, 6.45) is 0.950. The Morgan fingerprint density at radius 3 is 2.93 bits per heavy atom. The van der Waals surface area contributed by atoms with E-state index >= 15 is 0 Å². The molecule has 78 valence electrons. The molecule has 1 saturated heterocycles. The Morgan fingerprint density at radius 2 is 2.27 bits per heavy atom. The molecule has 1 N–H and O–H groups in total. The van der Waals surface area contributed by atoms with Gasteiger partial charge in [-0.1, -0.05) is 36.9 Å². The lowest BCUT2D eigenvalue weighted by Crippen LogP contribution is -2.19. The lowest BCUT2D eigenvalue weighted by molar-refractivity contribution is -0.116. The first-order valence-corrected chi connectivity index (χ1v) is 5.87. The number of nitrogens with one attached hydrogen (secondary N) is 1. The number of hydrogen-bond acceptors (Lipinski definition) is 3. The summed E-state index contributed by atoms with van der Waals surface area (Å²) in [5.41, 5.74) is 2.15. The molecule has 1 aliphatic rings. The normalized spacial score (nSPS) is 18.2. The van der Waals surface area contributed by atoms with Crippen LogP contribution in [0, 0.1) is 0 Å². The Balaban J connectivity index is 2.26. The largest absolute Gasteiger partial charge is 0.304 e. The van der Waals surface area contributed by atoms with Crippen LogP contribution in [0.2, 0.25) is 0 Å². The van der Waals surface area contributed by atoms with Crippen LogP contribution in [0.3, 0.4) is 0 Å². The molecule has 0 unspecified atom stereocenters. The molecule has 4 heteroatoms. The van der Waals surface area contributed by atoms with Gasteiger partial charge >= 0.3 is 0 Å². The van der Waals surface area contributed by atoms with Crippen LogP contribution in [0.5, 0.6) is 0 Å². The molecule has 1 fully saturated rings. The second-order valence-electron chi connectivity index (χ2n) is 3.24. The molecule has 15 heavy (non-hydrogen) atoms. The third-order valence-electron chi connectivity index (χ3n) is 2.18. The van der Waals surface area contributed by atoms with Crippen molar-refractivity contribution in [1.29, 1.82) is 0 Å². The molecular formula is C11H12N2OS. The van der Waals surface area contributed by atoms with Gasteiger partial charge in [0.25, 0.3) is 0 Å². The third-order valence-corrected chi connectivity index (χ3v) is 3.05. The Kier molecular flexibility index (Phi) is 3.06. The smallest absolute Gasteiger partial charge is 0.236 e. The molecule has 0 atom stereocenters. The SMILES string of the molecule is CCc1ccccc1N=C1NC(=O)CS1. The van der Waals surface area contributed by atoms with Gasteiger partial charge in [0, 0.05) is 0 Å². The number of aliphatic imine (C=N–C) groups is 1. The lowest BCUT2D eigenvalue weighted by atomic mass is 10.1. The van der Waals surface area contributed by atoms with E-state index in [-0.39, 0.29) is 5.91 Å². The minimum Gasteiger partial charge on any atom is -0.304 e. The summed E-state index contributed by atoms with van der Waals surface area (Å²) in [4.78, 5) is 15.4. The van der Waals surface area contributed by atoms with E-state index in [1.54, 1.807) is 0 Å². The Bertz CT molecular complexity index is 415. The molecule has 0 bridgehead atoms. The Morgan fingerprint density at radius 1 is 1.47 bits per heavy atom. The van der Waals surface area contributed by atoms with E-state index in [1.165, 1.54) is 17.3 Å². The Hall–Kier alpha value is -1.29. The third kappa shape index (κ3) is 2.39.